The minimum Gasteiger partial charge on any atom is -0.382 e. The van der Waals surface area contributed by atoms with E-state index in [0.717, 1.165) is 12.1 Å². The van der Waals surface area contributed by atoms with E-state index in [1.54, 1.807) is 0 Å². The number of alkyl halides is 3. The molecule has 0 aliphatic rings. The second-order valence-electron chi connectivity index (χ2n) is 4.46. The number of nitrogens with zero attached hydrogens (tertiary/aromatic N) is 1. The fraction of sp³-hybridized carbons (Fsp3) is 0.214. The van der Waals surface area contributed by atoms with Gasteiger partial charge in [-0.25, -0.2) is 8.78 Å². The average molecular weight is 303 g/mol. The van der Waals surface area contributed by atoms with Gasteiger partial charge < -0.3 is 5.11 Å². The molecule has 1 atom stereocenters. The van der Waals surface area contributed by atoms with Crippen molar-refractivity contribution in [3.8, 4) is 0 Å². The lowest BCUT2D eigenvalue weighted by Crippen LogP contribution is -2.11. The number of halogens is 5. The Labute approximate surface area is 116 Å². The predicted molar refractivity (Wildman–Crippen MR) is 64.4 cm³/mol. The maximum Gasteiger partial charge on any atom is 0.417 e. The summed E-state index contributed by atoms with van der Waals surface area (Å²) in [6.07, 6.45) is -5.85. The highest BCUT2D eigenvalue weighted by Gasteiger charge is 2.31. The number of hydrogen-bond donors (Lipinski definition) is 1. The molecule has 1 aromatic carbocycles. The average Bonchev–Trinajstić information content (AvgIpc) is 2.42. The number of rotatable bonds is 2. The van der Waals surface area contributed by atoms with Crippen LogP contribution in [0.4, 0.5) is 22.0 Å². The first-order valence-electron chi connectivity index (χ1n) is 5.87. The minimum atomic E-state index is -4.57. The van der Waals surface area contributed by atoms with Crippen LogP contribution in [0.3, 0.4) is 0 Å². The SMILES string of the molecule is Cc1ccc(F)c(C(O)c2ccc(C(F)(F)F)cn2)c1F. The smallest absolute Gasteiger partial charge is 0.382 e. The molecular formula is C14H10F5NO. The Morgan fingerprint density at radius 2 is 1.76 bits per heavy atom. The van der Waals surface area contributed by atoms with Crippen LogP contribution < -0.4 is 0 Å². The van der Waals surface area contributed by atoms with Gasteiger partial charge in [0, 0.05) is 6.20 Å². The van der Waals surface area contributed by atoms with Gasteiger partial charge in [0.1, 0.15) is 17.7 Å². The first-order valence-corrected chi connectivity index (χ1v) is 5.87. The summed E-state index contributed by atoms with van der Waals surface area (Å²) in [4.78, 5) is 3.43. The van der Waals surface area contributed by atoms with E-state index in [4.69, 9.17) is 0 Å². The Hall–Kier alpha value is -2.02. The lowest BCUT2D eigenvalue weighted by Gasteiger charge is -2.14. The maximum atomic E-state index is 13.9. The van der Waals surface area contributed by atoms with Crippen molar-refractivity contribution in [1.29, 1.82) is 0 Å². The number of aliphatic hydroxyl groups excluding tert-OH is 1. The fourth-order valence-electron chi connectivity index (χ4n) is 1.81. The van der Waals surface area contributed by atoms with Crippen molar-refractivity contribution in [3.63, 3.8) is 0 Å². The summed E-state index contributed by atoms with van der Waals surface area (Å²) in [6, 6.07) is 3.74. The number of benzene rings is 1. The van der Waals surface area contributed by atoms with E-state index in [0.29, 0.717) is 12.3 Å². The van der Waals surface area contributed by atoms with Gasteiger partial charge in [0.05, 0.1) is 16.8 Å². The summed E-state index contributed by atoms with van der Waals surface area (Å²) < 4.78 is 64.7. The molecule has 0 bridgehead atoms. The third-order valence-corrected chi connectivity index (χ3v) is 2.99. The number of hydrogen-bond acceptors (Lipinski definition) is 2. The van der Waals surface area contributed by atoms with Gasteiger partial charge in [-0.1, -0.05) is 6.07 Å². The van der Waals surface area contributed by atoms with Crippen molar-refractivity contribution in [1.82, 2.24) is 4.98 Å². The van der Waals surface area contributed by atoms with Crippen LogP contribution in [-0.4, -0.2) is 10.1 Å². The Kier molecular flexibility index (Phi) is 3.95. The van der Waals surface area contributed by atoms with Crippen molar-refractivity contribution in [2.24, 2.45) is 0 Å². The van der Waals surface area contributed by atoms with Crippen LogP contribution in [0, 0.1) is 18.6 Å². The molecule has 112 valence electrons. The quantitative estimate of drug-likeness (QED) is 0.857. The summed E-state index contributed by atoms with van der Waals surface area (Å²) in [5.74, 6) is -1.95. The predicted octanol–water partition coefficient (Wildman–Crippen LogP) is 3.77. The zero-order valence-corrected chi connectivity index (χ0v) is 10.7. The molecule has 0 radical (unpaired) electrons. The van der Waals surface area contributed by atoms with Crippen LogP contribution in [-0.2, 0) is 6.18 Å². The molecule has 1 heterocycles. The molecule has 0 fully saturated rings. The first-order chi connectivity index (χ1) is 9.71. The summed E-state index contributed by atoms with van der Waals surface area (Å²) in [5, 5.41) is 9.95. The maximum absolute atomic E-state index is 13.9. The Bertz CT molecular complexity index is 652. The third-order valence-electron chi connectivity index (χ3n) is 2.99. The topological polar surface area (TPSA) is 33.1 Å². The van der Waals surface area contributed by atoms with Gasteiger partial charge in [-0.05, 0) is 30.7 Å². The van der Waals surface area contributed by atoms with E-state index in [9.17, 15) is 27.1 Å². The van der Waals surface area contributed by atoms with Gasteiger partial charge in [0.15, 0.2) is 0 Å². The van der Waals surface area contributed by atoms with E-state index >= 15 is 0 Å². The highest BCUT2D eigenvalue weighted by Crippen LogP contribution is 2.31. The Morgan fingerprint density at radius 1 is 1.10 bits per heavy atom. The largest absolute Gasteiger partial charge is 0.417 e. The van der Waals surface area contributed by atoms with Crippen molar-refractivity contribution < 1.29 is 27.1 Å². The van der Waals surface area contributed by atoms with E-state index < -0.39 is 35.0 Å². The van der Waals surface area contributed by atoms with E-state index in [1.807, 2.05) is 0 Å². The number of aliphatic hydroxyl groups is 1. The van der Waals surface area contributed by atoms with Gasteiger partial charge in [0.25, 0.3) is 0 Å². The Balaban J connectivity index is 2.41. The molecule has 0 saturated carbocycles. The van der Waals surface area contributed by atoms with Crippen molar-refractivity contribution in [2.75, 3.05) is 0 Å². The summed E-state index contributed by atoms with van der Waals surface area (Å²) in [5.41, 5.74) is -1.81. The van der Waals surface area contributed by atoms with Crippen LogP contribution in [0.15, 0.2) is 30.5 Å². The Morgan fingerprint density at radius 3 is 2.29 bits per heavy atom. The normalized spacial score (nSPS) is 13.3. The molecule has 2 aromatic rings. The molecule has 0 spiro atoms. The third kappa shape index (κ3) is 3.02. The van der Waals surface area contributed by atoms with Crippen molar-refractivity contribution in [2.45, 2.75) is 19.2 Å². The molecule has 2 rings (SSSR count). The highest BCUT2D eigenvalue weighted by molar-refractivity contribution is 5.33. The van der Waals surface area contributed by atoms with E-state index in [-0.39, 0.29) is 11.3 Å². The number of pyridine rings is 1. The molecule has 0 aliphatic heterocycles. The monoisotopic (exact) mass is 303 g/mol. The molecule has 0 aliphatic carbocycles. The first kappa shape index (κ1) is 15.4. The molecule has 2 nitrogen and oxygen atoms in total. The molecule has 1 N–H and O–H groups in total. The second kappa shape index (κ2) is 5.40. The van der Waals surface area contributed by atoms with Crippen molar-refractivity contribution in [3.05, 3.63) is 64.5 Å². The highest BCUT2D eigenvalue weighted by atomic mass is 19.4. The molecule has 0 saturated heterocycles. The van der Waals surface area contributed by atoms with Gasteiger partial charge >= 0.3 is 6.18 Å². The summed E-state index contributed by atoms with van der Waals surface area (Å²) in [7, 11) is 0. The standard InChI is InChI=1S/C14H10F5NO/c1-7-2-4-9(15)11(12(7)16)13(21)10-5-3-8(6-20-10)14(17,18)19/h2-6,13,21H,1H3. The molecule has 7 heteroatoms. The fourth-order valence-corrected chi connectivity index (χ4v) is 1.81. The van der Waals surface area contributed by atoms with Crippen molar-refractivity contribution >= 4 is 0 Å². The zero-order valence-electron chi connectivity index (χ0n) is 10.7. The van der Waals surface area contributed by atoms with Crippen LogP contribution in [0.2, 0.25) is 0 Å². The lowest BCUT2D eigenvalue weighted by molar-refractivity contribution is -0.137. The second-order valence-corrected chi connectivity index (χ2v) is 4.46. The van der Waals surface area contributed by atoms with Gasteiger partial charge in [0.2, 0.25) is 0 Å². The van der Waals surface area contributed by atoms with E-state index in [1.165, 1.54) is 13.0 Å². The molecule has 1 unspecified atom stereocenters. The van der Waals surface area contributed by atoms with Crippen LogP contribution in [0.1, 0.15) is 28.5 Å². The summed E-state index contributed by atoms with van der Waals surface area (Å²) in [6.45, 7) is 1.38. The lowest BCUT2D eigenvalue weighted by atomic mass is 10.0. The van der Waals surface area contributed by atoms with Crippen LogP contribution in [0.5, 0.6) is 0 Å². The van der Waals surface area contributed by atoms with Gasteiger partial charge in [-0.15, -0.1) is 0 Å². The van der Waals surface area contributed by atoms with Gasteiger partial charge in [-0.2, -0.15) is 13.2 Å². The minimum absolute atomic E-state index is 0.109. The van der Waals surface area contributed by atoms with Gasteiger partial charge in [-0.3, -0.25) is 4.98 Å². The zero-order chi connectivity index (χ0) is 15.8. The van der Waals surface area contributed by atoms with Crippen LogP contribution >= 0.6 is 0 Å². The molecule has 21 heavy (non-hydrogen) atoms. The van der Waals surface area contributed by atoms with Crippen LogP contribution in [0.25, 0.3) is 0 Å². The molecular weight excluding hydrogens is 293 g/mol. The molecule has 0 amide bonds. The van der Waals surface area contributed by atoms with E-state index in [2.05, 4.69) is 4.98 Å². The summed E-state index contributed by atoms with van der Waals surface area (Å²) >= 11 is 0. The number of aryl methyl sites for hydroxylation is 1. The number of aromatic nitrogens is 1. The molecule has 1 aromatic heterocycles.